The Bertz CT molecular complexity index is 547. The second-order valence-electron chi connectivity index (χ2n) is 4.20. The lowest BCUT2D eigenvalue weighted by Crippen LogP contribution is -1.96. The molecule has 0 nitrogen and oxygen atoms in total. The van der Waals surface area contributed by atoms with Gasteiger partial charge in [-0.05, 0) is 48.2 Å². The maximum Gasteiger partial charge on any atom is 0.0229 e. The van der Waals surface area contributed by atoms with Gasteiger partial charge in [-0.15, -0.1) is 0 Å². The molecule has 0 unspecified atom stereocenters. The van der Waals surface area contributed by atoms with E-state index in [1.54, 1.807) is 0 Å². The van der Waals surface area contributed by atoms with Gasteiger partial charge >= 0.3 is 0 Å². The van der Waals surface area contributed by atoms with Gasteiger partial charge in [0, 0.05) is 26.8 Å². The largest absolute Gasteiger partial charge is 0.0508 e. The van der Waals surface area contributed by atoms with Gasteiger partial charge in [-0.3, -0.25) is 0 Å². The Balaban J connectivity index is 2.26. The summed E-state index contributed by atoms with van der Waals surface area (Å²) in [6, 6.07) is 8.30. The third-order valence-electron chi connectivity index (χ3n) is 2.84. The first-order valence-corrected chi connectivity index (χ1v) is 10.4. The Hall–Kier alpha value is 1.32. The second kappa shape index (κ2) is 7.73. The zero-order valence-corrected chi connectivity index (χ0v) is 19.5. The molecule has 0 atom stereocenters. The Morgan fingerprint density at radius 2 is 0.750 bits per heavy atom. The predicted octanol–water partition coefficient (Wildman–Crippen LogP) is 8.05. The molecule has 0 amide bonds. The average molecular weight is 656 g/mol. The van der Waals surface area contributed by atoms with Crippen molar-refractivity contribution in [2.24, 2.45) is 0 Å². The molecule has 6 heteroatoms. The van der Waals surface area contributed by atoms with Crippen LogP contribution in [0.4, 0.5) is 0 Å². The molecule has 0 saturated carbocycles. The quantitative estimate of drug-likeness (QED) is 0.314. The monoisotopic (exact) mass is 650 g/mol. The van der Waals surface area contributed by atoms with Gasteiger partial charge < -0.3 is 0 Å². The van der Waals surface area contributed by atoms with E-state index in [0.29, 0.717) is 0 Å². The van der Waals surface area contributed by atoms with Crippen LogP contribution in [0.15, 0.2) is 51.1 Å². The van der Waals surface area contributed by atoms with Crippen LogP contribution in [-0.4, -0.2) is 0 Å². The Labute approximate surface area is 168 Å². The summed E-state index contributed by atoms with van der Waals surface area (Å²) >= 11 is 21.5. The van der Waals surface area contributed by atoms with E-state index in [1.807, 2.05) is 0 Å². The topological polar surface area (TPSA) is 0 Å². The van der Waals surface area contributed by atoms with E-state index in [9.17, 15) is 0 Å². The molecular formula is C14H8Br6. The molecule has 0 aliphatic heterocycles. The van der Waals surface area contributed by atoms with Crippen LogP contribution in [0.5, 0.6) is 0 Å². The number of hydrogen-bond acceptors (Lipinski definition) is 0. The molecule has 2 rings (SSSR count). The van der Waals surface area contributed by atoms with Crippen molar-refractivity contribution in [3.63, 3.8) is 0 Å². The number of rotatable bonds is 3. The molecule has 106 valence electrons. The molecule has 0 aromatic heterocycles. The van der Waals surface area contributed by atoms with E-state index >= 15 is 0 Å². The fourth-order valence-electron chi connectivity index (χ4n) is 1.87. The zero-order valence-electron chi connectivity index (χ0n) is 9.99. The van der Waals surface area contributed by atoms with Crippen molar-refractivity contribution in [3.05, 3.63) is 62.2 Å². The van der Waals surface area contributed by atoms with Gasteiger partial charge in [0.25, 0.3) is 0 Å². The van der Waals surface area contributed by atoms with Crippen molar-refractivity contribution in [3.8, 4) is 0 Å². The molecule has 0 aliphatic rings. The Morgan fingerprint density at radius 3 is 1.00 bits per heavy atom. The van der Waals surface area contributed by atoms with Gasteiger partial charge in [-0.1, -0.05) is 95.6 Å². The first-order valence-electron chi connectivity index (χ1n) is 5.65. The van der Waals surface area contributed by atoms with Crippen LogP contribution >= 0.6 is 95.6 Å². The maximum atomic E-state index is 3.63. The maximum absolute atomic E-state index is 3.63. The molecular weight excluding hydrogens is 648 g/mol. The molecule has 0 N–H and O–H groups in total. The van der Waals surface area contributed by atoms with E-state index in [-0.39, 0.29) is 0 Å². The Kier molecular flexibility index (Phi) is 6.83. The lowest BCUT2D eigenvalue weighted by atomic mass is 10.0. The van der Waals surface area contributed by atoms with Crippen molar-refractivity contribution in [2.45, 2.75) is 12.8 Å². The van der Waals surface area contributed by atoms with Crippen LogP contribution in [0, 0.1) is 0 Å². The lowest BCUT2D eigenvalue weighted by molar-refractivity contribution is 0.936. The van der Waals surface area contributed by atoms with Crippen molar-refractivity contribution >= 4 is 95.6 Å². The van der Waals surface area contributed by atoms with Crippen LogP contribution in [-0.2, 0) is 12.8 Å². The lowest BCUT2D eigenvalue weighted by Gasteiger charge is -2.11. The SMILES string of the molecule is Brc1cc(Br)c(CCc2c(Br)cc(Br)cc2Br)c(Br)c1. The predicted molar refractivity (Wildman–Crippen MR) is 106 cm³/mol. The van der Waals surface area contributed by atoms with E-state index in [0.717, 1.165) is 39.7 Å². The normalized spacial score (nSPS) is 10.9. The van der Waals surface area contributed by atoms with Crippen LogP contribution < -0.4 is 0 Å². The fourth-order valence-corrected chi connectivity index (χ4v) is 7.18. The standard InChI is InChI=1S/C14H8Br6/c15-7-3-11(17)9(12(18)4-7)1-2-10-13(19)5-8(16)6-14(10)20/h3-6H,1-2H2. The smallest absolute Gasteiger partial charge is 0.0229 e. The highest BCUT2D eigenvalue weighted by Crippen LogP contribution is 2.34. The minimum absolute atomic E-state index is 0.952. The summed E-state index contributed by atoms with van der Waals surface area (Å²) in [5.41, 5.74) is 2.55. The molecule has 0 bridgehead atoms. The summed E-state index contributed by atoms with van der Waals surface area (Å²) in [7, 11) is 0. The second-order valence-corrected chi connectivity index (χ2v) is 9.44. The van der Waals surface area contributed by atoms with Crippen molar-refractivity contribution < 1.29 is 0 Å². The van der Waals surface area contributed by atoms with E-state index < -0.39 is 0 Å². The van der Waals surface area contributed by atoms with E-state index in [4.69, 9.17) is 0 Å². The summed E-state index contributed by atoms with van der Waals surface area (Å²) in [6.07, 6.45) is 1.90. The van der Waals surface area contributed by atoms with Gasteiger partial charge in [0.15, 0.2) is 0 Å². The summed E-state index contributed by atoms with van der Waals surface area (Å²) < 4.78 is 6.58. The van der Waals surface area contributed by atoms with E-state index in [1.165, 1.54) is 11.1 Å². The van der Waals surface area contributed by atoms with Crippen LogP contribution in [0.25, 0.3) is 0 Å². The van der Waals surface area contributed by atoms with Gasteiger partial charge in [0.05, 0.1) is 0 Å². The molecule has 0 spiro atoms. The Morgan fingerprint density at radius 1 is 0.500 bits per heavy atom. The average Bonchev–Trinajstić information content (AvgIpc) is 2.30. The van der Waals surface area contributed by atoms with Crippen molar-refractivity contribution in [2.75, 3.05) is 0 Å². The molecule has 2 aromatic rings. The zero-order chi connectivity index (χ0) is 14.9. The van der Waals surface area contributed by atoms with Gasteiger partial charge in [-0.2, -0.15) is 0 Å². The molecule has 0 aliphatic carbocycles. The van der Waals surface area contributed by atoms with Crippen LogP contribution in [0.2, 0.25) is 0 Å². The fraction of sp³-hybridized carbons (Fsp3) is 0.143. The minimum atomic E-state index is 0.952. The summed E-state index contributed by atoms with van der Waals surface area (Å²) in [5.74, 6) is 0. The minimum Gasteiger partial charge on any atom is -0.0508 e. The third kappa shape index (κ3) is 4.42. The summed E-state index contributed by atoms with van der Waals surface area (Å²) in [5, 5.41) is 0. The third-order valence-corrected chi connectivity index (χ3v) is 6.58. The summed E-state index contributed by atoms with van der Waals surface area (Å²) in [6.45, 7) is 0. The van der Waals surface area contributed by atoms with E-state index in [2.05, 4.69) is 120 Å². The van der Waals surface area contributed by atoms with Crippen molar-refractivity contribution in [1.29, 1.82) is 0 Å². The molecule has 0 radical (unpaired) electrons. The summed E-state index contributed by atoms with van der Waals surface area (Å²) in [4.78, 5) is 0. The van der Waals surface area contributed by atoms with Gasteiger partial charge in [0.1, 0.15) is 0 Å². The molecule has 2 aromatic carbocycles. The van der Waals surface area contributed by atoms with Gasteiger partial charge in [0.2, 0.25) is 0 Å². The van der Waals surface area contributed by atoms with Crippen molar-refractivity contribution in [1.82, 2.24) is 0 Å². The first kappa shape index (κ1) is 17.7. The molecule has 0 fully saturated rings. The number of benzene rings is 2. The highest BCUT2D eigenvalue weighted by atomic mass is 79.9. The van der Waals surface area contributed by atoms with Crippen LogP contribution in [0.3, 0.4) is 0 Å². The highest BCUT2D eigenvalue weighted by Gasteiger charge is 2.11. The van der Waals surface area contributed by atoms with Crippen LogP contribution in [0.1, 0.15) is 11.1 Å². The highest BCUT2D eigenvalue weighted by molar-refractivity contribution is 9.12. The number of halogens is 6. The van der Waals surface area contributed by atoms with Gasteiger partial charge in [-0.25, -0.2) is 0 Å². The first-order chi connectivity index (χ1) is 9.38. The molecule has 0 saturated heterocycles. The molecule has 20 heavy (non-hydrogen) atoms. The molecule has 0 heterocycles. The number of hydrogen-bond donors (Lipinski definition) is 0.